The minimum absolute atomic E-state index is 0.155. The number of halogens is 1. The number of nitrogens with one attached hydrogen (secondary N) is 1. The van der Waals surface area contributed by atoms with Crippen LogP contribution in [0.5, 0.6) is 0 Å². The Labute approximate surface area is 116 Å². The first-order valence-electron chi connectivity index (χ1n) is 6.68. The lowest BCUT2D eigenvalue weighted by Gasteiger charge is -2.22. The van der Waals surface area contributed by atoms with E-state index in [1.165, 1.54) is 5.56 Å². The Kier molecular flexibility index (Phi) is 6.86. The van der Waals surface area contributed by atoms with Crippen molar-refractivity contribution in [3.05, 3.63) is 34.9 Å². The van der Waals surface area contributed by atoms with Crippen molar-refractivity contribution in [3.8, 4) is 12.3 Å². The van der Waals surface area contributed by atoms with Crippen molar-refractivity contribution >= 4 is 11.6 Å². The highest BCUT2D eigenvalue weighted by molar-refractivity contribution is 6.30. The van der Waals surface area contributed by atoms with Gasteiger partial charge in [0.05, 0.1) is 6.04 Å². The second-order valence-electron chi connectivity index (χ2n) is 4.57. The standard InChI is InChI=1S/C16H22ClN/c1-4-7-15(6-3)18-16(8-5-2)13-9-11-14(17)12-10-13/h3,9-12,15-16,18H,4-5,7-8H2,1-2H3. The fraction of sp³-hybridized carbons (Fsp3) is 0.500. The summed E-state index contributed by atoms with van der Waals surface area (Å²) in [6.07, 6.45) is 9.90. The van der Waals surface area contributed by atoms with E-state index in [4.69, 9.17) is 18.0 Å². The lowest BCUT2D eigenvalue weighted by Crippen LogP contribution is -2.31. The van der Waals surface area contributed by atoms with E-state index in [1.807, 2.05) is 12.1 Å². The minimum atomic E-state index is 0.155. The van der Waals surface area contributed by atoms with Crippen LogP contribution in [0.15, 0.2) is 24.3 Å². The predicted octanol–water partition coefficient (Wildman–Crippen LogP) is 4.57. The van der Waals surface area contributed by atoms with Gasteiger partial charge in [-0.15, -0.1) is 6.42 Å². The number of hydrogen-bond donors (Lipinski definition) is 1. The van der Waals surface area contributed by atoms with Crippen LogP contribution in [0.25, 0.3) is 0 Å². The average molecular weight is 264 g/mol. The summed E-state index contributed by atoms with van der Waals surface area (Å²) in [4.78, 5) is 0. The molecule has 2 atom stereocenters. The molecular weight excluding hydrogens is 242 g/mol. The Balaban J connectivity index is 2.75. The molecule has 0 radical (unpaired) electrons. The Bertz CT molecular complexity index is 377. The molecular formula is C16H22ClN. The Hall–Kier alpha value is -0.970. The van der Waals surface area contributed by atoms with Crippen LogP contribution in [0.3, 0.4) is 0 Å². The molecule has 2 heteroatoms. The summed E-state index contributed by atoms with van der Waals surface area (Å²) in [5.74, 6) is 2.84. The van der Waals surface area contributed by atoms with Gasteiger partial charge in [-0.25, -0.2) is 0 Å². The summed E-state index contributed by atoms with van der Waals surface area (Å²) in [6, 6.07) is 8.50. The van der Waals surface area contributed by atoms with E-state index in [0.717, 1.165) is 30.7 Å². The highest BCUT2D eigenvalue weighted by Gasteiger charge is 2.14. The first-order chi connectivity index (χ1) is 8.71. The monoisotopic (exact) mass is 263 g/mol. The zero-order valence-electron chi connectivity index (χ0n) is 11.2. The maximum absolute atomic E-state index is 5.92. The van der Waals surface area contributed by atoms with Gasteiger partial charge in [-0.2, -0.15) is 0 Å². The molecule has 0 saturated heterocycles. The van der Waals surface area contributed by atoms with Gasteiger partial charge in [-0.05, 0) is 30.5 Å². The third kappa shape index (κ3) is 4.72. The van der Waals surface area contributed by atoms with Crippen LogP contribution in [-0.4, -0.2) is 6.04 Å². The van der Waals surface area contributed by atoms with Gasteiger partial charge in [0, 0.05) is 11.1 Å². The molecule has 1 nitrogen and oxygen atoms in total. The van der Waals surface area contributed by atoms with Crippen molar-refractivity contribution in [1.82, 2.24) is 5.32 Å². The molecule has 18 heavy (non-hydrogen) atoms. The van der Waals surface area contributed by atoms with Crippen molar-refractivity contribution in [3.63, 3.8) is 0 Å². The number of benzene rings is 1. The van der Waals surface area contributed by atoms with Crippen molar-refractivity contribution < 1.29 is 0 Å². The van der Waals surface area contributed by atoms with Gasteiger partial charge in [0.2, 0.25) is 0 Å². The lowest BCUT2D eigenvalue weighted by atomic mass is 10.0. The topological polar surface area (TPSA) is 12.0 Å². The van der Waals surface area contributed by atoms with Crippen LogP contribution in [0, 0.1) is 12.3 Å². The molecule has 1 N–H and O–H groups in total. The SMILES string of the molecule is C#CC(CCC)NC(CCC)c1ccc(Cl)cc1. The first kappa shape index (κ1) is 15.1. The van der Waals surface area contributed by atoms with E-state index in [9.17, 15) is 0 Å². The minimum Gasteiger partial charge on any atom is -0.297 e. The third-order valence-corrected chi connectivity index (χ3v) is 3.28. The first-order valence-corrected chi connectivity index (χ1v) is 7.06. The second-order valence-corrected chi connectivity index (χ2v) is 5.00. The van der Waals surface area contributed by atoms with Gasteiger partial charge < -0.3 is 0 Å². The maximum atomic E-state index is 5.92. The van der Waals surface area contributed by atoms with E-state index in [1.54, 1.807) is 0 Å². The third-order valence-electron chi connectivity index (χ3n) is 3.03. The van der Waals surface area contributed by atoms with Crippen molar-refractivity contribution in [2.75, 3.05) is 0 Å². The summed E-state index contributed by atoms with van der Waals surface area (Å²) in [5, 5.41) is 4.34. The zero-order chi connectivity index (χ0) is 13.4. The molecule has 0 saturated carbocycles. The van der Waals surface area contributed by atoms with Crippen LogP contribution >= 0.6 is 11.6 Å². The Morgan fingerprint density at radius 1 is 1.17 bits per heavy atom. The molecule has 1 aromatic rings. The molecule has 0 bridgehead atoms. The average Bonchev–Trinajstić information content (AvgIpc) is 2.38. The predicted molar refractivity (Wildman–Crippen MR) is 79.8 cm³/mol. The molecule has 98 valence electrons. The largest absolute Gasteiger partial charge is 0.297 e. The molecule has 0 aliphatic heterocycles. The highest BCUT2D eigenvalue weighted by Crippen LogP contribution is 2.21. The Morgan fingerprint density at radius 3 is 2.28 bits per heavy atom. The number of terminal acetylenes is 1. The molecule has 1 rings (SSSR count). The molecule has 0 aromatic heterocycles. The molecule has 0 heterocycles. The van der Waals surface area contributed by atoms with Gasteiger partial charge in [0.25, 0.3) is 0 Å². The van der Waals surface area contributed by atoms with Crippen molar-refractivity contribution in [2.45, 2.75) is 51.6 Å². The molecule has 2 unspecified atom stereocenters. The molecule has 0 fully saturated rings. The number of rotatable bonds is 7. The Morgan fingerprint density at radius 2 is 1.78 bits per heavy atom. The molecule has 0 amide bonds. The fourth-order valence-electron chi connectivity index (χ4n) is 2.08. The van der Waals surface area contributed by atoms with Gasteiger partial charge in [-0.1, -0.05) is 56.3 Å². The maximum Gasteiger partial charge on any atom is 0.0691 e. The van der Waals surface area contributed by atoms with Gasteiger partial charge in [-0.3, -0.25) is 5.32 Å². The molecule has 0 aliphatic carbocycles. The summed E-state index contributed by atoms with van der Waals surface area (Å²) in [6.45, 7) is 4.35. The van der Waals surface area contributed by atoms with Crippen LogP contribution in [0.4, 0.5) is 0 Å². The highest BCUT2D eigenvalue weighted by atomic mass is 35.5. The zero-order valence-corrected chi connectivity index (χ0v) is 12.0. The summed E-state index contributed by atoms with van der Waals surface area (Å²) < 4.78 is 0. The van der Waals surface area contributed by atoms with Crippen LogP contribution in [-0.2, 0) is 0 Å². The van der Waals surface area contributed by atoms with E-state index in [-0.39, 0.29) is 6.04 Å². The summed E-state index contributed by atoms with van der Waals surface area (Å²) in [5.41, 5.74) is 1.26. The smallest absolute Gasteiger partial charge is 0.0691 e. The van der Waals surface area contributed by atoms with Crippen LogP contribution in [0.2, 0.25) is 5.02 Å². The molecule has 0 spiro atoms. The normalized spacial score (nSPS) is 13.9. The van der Waals surface area contributed by atoms with E-state index >= 15 is 0 Å². The number of hydrogen-bond acceptors (Lipinski definition) is 1. The summed E-state index contributed by atoms with van der Waals surface area (Å²) >= 11 is 5.92. The van der Waals surface area contributed by atoms with E-state index in [2.05, 4.69) is 37.2 Å². The molecule has 0 aliphatic rings. The lowest BCUT2D eigenvalue weighted by molar-refractivity contribution is 0.444. The quantitative estimate of drug-likeness (QED) is 0.711. The van der Waals surface area contributed by atoms with Crippen molar-refractivity contribution in [2.24, 2.45) is 0 Å². The molecule has 1 aromatic carbocycles. The van der Waals surface area contributed by atoms with Gasteiger partial charge in [0.15, 0.2) is 0 Å². The van der Waals surface area contributed by atoms with Gasteiger partial charge in [0.1, 0.15) is 0 Å². The second kappa shape index (κ2) is 8.19. The summed E-state index contributed by atoms with van der Waals surface area (Å²) in [7, 11) is 0. The van der Waals surface area contributed by atoms with E-state index < -0.39 is 0 Å². The van der Waals surface area contributed by atoms with Crippen LogP contribution in [0.1, 0.15) is 51.1 Å². The fourth-order valence-corrected chi connectivity index (χ4v) is 2.20. The van der Waals surface area contributed by atoms with E-state index in [0.29, 0.717) is 6.04 Å². The van der Waals surface area contributed by atoms with Crippen molar-refractivity contribution in [1.29, 1.82) is 0 Å². The van der Waals surface area contributed by atoms with Crippen LogP contribution < -0.4 is 5.32 Å². The van der Waals surface area contributed by atoms with Gasteiger partial charge >= 0.3 is 0 Å².